The second-order valence-electron chi connectivity index (χ2n) is 10.4. The van der Waals surface area contributed by atoms with E-state index < -0.39 is 35.6 Å². The Morgan fingerprint density at radius 2 is 2.05 bits per heavy atom. The topological polar surface area (TPSA) is 96.4 Å². The lowest BCUT2D eigenvalue weighted by molar-refractivity contribution is -0.154. The molecule has 3 unspecified atom stereocenters. The van der Waals surface area contributed by atoms with Gasteiger partial charge in [0.25, 0.3) is 5.91 Å². The molecule has 1 aromatic carbocycles. The molecule has 3 aliphatic rings. The molecular formula is C29H37BrN2O6. The lowest BCUT2D eigenvalue weighted by atomic mass is 9.70. The van der Waals surface area contributed by atoms with Crippen LogP contribution in [0, 0.1) is 25.7 Å². The third-order valence-corrected chi connectivity index (χ3v) is 8.75. The Morgan fingerprint density at radius 3 is 2.74 bits per heavy atom. The van der Waals surface area contributed by atoms with Crippen molar-refractivity contribution in [2.45, 2.75) is 62.1 Å². The number of aryl methyl sites for hydroxylation is 2. The van der Waals surface area contributed by atoms with Crippen molar-refractivity contribution in [2.75, 3.05) is 31.2 Å². The van der Waals surface area contributed by atoms with Gasteiger partial charge in [0.1, 0.15) is 11.6 Å². The van der Waals surface area contributed by atoms with Crippen LogP contribution in [0.4, 0.5) is 5.69 Å². The third-order valence-electron chi connectivity index (χ3n) is 7.90. The molecule has 8 nitrogen and oxygen atoms in total. The molecule has 3 fully saturated rings. The SMILES string of the molecule is C=CCCOC(=O)[C@H]1[C@H]2C(=O)N(CCCCO)C(C(=O)N(CC=C)c3cc(C)ccc3C)C23CC(Br)[C@@H]1O3. The van der Waals surface area contributed by atoms with Gasteiger partial charge >= 0.3 is 5.97 Å². The molecule has 3 heterocycles. The Hall–Kier alpha value is -2.49. The number of amides is 2. The maximum Gasteiger partial charge on any atom is 0.312 e. The quantitative estimate of drug-likeness (QED) is 0.174. The molecule has 6 atom stereocenters. The van der Waals surface area contributed by atoms with Crippen LogP contribution >= 0.6 is 15.9 Å². The second-order valence-corrected chi connectivity index (χ2v) is 11.6. The highest BCUT2D eigenvalue weighted by Gasteiger charge is 2.77. The van der Waals surface area contributed by atoms with E-state index in [1.165, 1.54) is 0 Å². The number of anilines is 1. The molecule has 0 aromatic heterocycles. The lowest BCUT2D eigenvalue weighted by Crippen LogP contribution is -2.57. The summed E-state index contributed by atoms with van der Waals surface area (Å²) in [7, 11) is 0. The van der Waals surface area contributed by atoms with Crippen LogP contribution in [-0.2, 0) is 23.9 Å². The first-order valence-corrected chi connectivity index (χ1v) is 14.1. The van der Waals surface area contributed by atoms with E-state index in [9.17, 15) is 19.5 Å². The van der Waals surface area contributed by atoms with Crippen molar-refractivity contribution in [2.24, 2.45) is 11.8 Å². The summed E-state index contributed by atoms with van der Waals surface area (Å²) in [5.41, 5.74) is 1.52. The van der Waals surface area contributed by atoms with Crippen LogP contribution in [0.3, 0.4) is 0 Å². The molecule has 1 N–H and O–H groups in total. The number of fused-ring (bicyclic) bond motifs is 1. The number of aliphatic hydroxyl groups is 1. The fraction of sp³-hybridized carbons (Fsp3) is 0.552. The molecule has 2 amide bonds. The van der Waals surface area contributed by atoms with Gasteiger partial charge in [0, 0.05) is 30.2 Å². The van der Waals surface area contributed by atoms with Gasteiger partial charge in [0.2, 0.25) is 5.91 Å². The average Bonchev–Trinajstić information content (AvgIpc) is 3.47. The molecule has 3 aliphatic heterocycles. The van der Waals surface area contributed by atoms with E-state index in [1.807, 2.05) is 32.0 Å². The Balaban J connectivity index is 1.76. The predicted octanol–water partition coefficient (Wildman–Crippen LogP) is 3.46. The maximum atomic E-state index is 14.5. The van der Waals surface area contributed by atoms with Gasteiger partial charge in [-0.3, -0.25) is 14.4 Å². The van der Waals surface area contributed by atoms with Gasteiger partial charge in [-0.2, -0.15) is 0 Å². The smallest absolute Gasteiger partial charge is 0.312 e. The van der Waals surface area contributed by atoms with Crippen LogP contribution in [0.1, 0.15) is 36.8 Å². The number of likely N-dealkylation sites (tertiary alicyclic amines) is 1. The molecule has 3 saturated heterocycles. The number of unbranched alkanes of at least 4 members (excludes halogenated alkanes) is 1. The number of rotatable bonds is 12. The fourth-order valence-electron chi connectivity index (χ4n) is 6.25. The summed E-state index contributed by atoms with van der Waals surface area (Å²) in [6.45, 7) is 12.1. The number of nitrogens with zero attached hydrogens (tertiary/aromatic N) is 2. The molecule has 38 heavy (non-hydrogen) atoms. The molecule has 0 radical (unpaired) electrons. The van der Waals surface area contributed by atoms with Gasteiger partial charge in [-0.25, -0.2) is 0 Å². The molecular weight excluding hydrogens is 552 g/mol. The average molecular weight is 590 g/mol. The highest BCUT2D eigenvalue weighted by molar-refractivity contribution is 9.09. The maximum absolute atomic E-state index is 14.5. The number of carbonyl (C=O) groups excluding carboxylic acids is 3. The molecule has 9 heteroatoms. The first kappa shape index (κ1) is 28.5. The molecule has 2 bridgehead atoms. The number of esters is 1. The van der Waals surface area contributed by atoms with E-state index in [1.54, 1.807) is 22.0 Å². The summed E-state index contributed by atoms with van der Waals surface area (Å²) in [4.78, 5) is 44.8. The van der Waals surface area contributed by atoms with Crippen molar-refractivity contribution in [3.05, 3.63) is 54.6 Å². The summed E-state index contributed by atoms with van der Waals surface area (Å²) >= 11 is 3.68. The van der Waals surface area contributed by atoms with Gasteiger partial charge in [-0.1, -0.05) is 40.2 Å². The van der Waals surface area contributed by atoms with E-state index in [0.29, 0.717) is 25.7 Å². The molecule has 0 aliphatic carbocycles. The molecule has 4 rings (SSSR count). The Bertz CT molecular complexity index is 1110. The summed E-state index contributed by atoms with van der Waals surface area (Å²) in [6, 6.07) is 4.99. The highest BCUT2D eigenvalue weighted by atomic mass is 79.9. The Kier molecular flexibility index (Phi) is 8.79. The Morgan fingerprint density at radius 1 is 1.29 bits per heavy atom. The number of ether oxygens (including phenoxy) is 2. The minimum Gasteiger partial charge on any atom is -0.465 e. The largest absolute Gasteiger partial charge is 0.465 e. The summed E-state index contributed by atoms with van der Waals surface area (Å²) < 4.78 is 12.1. The fourth-order valence-corrected chi connectivity index (χ4v) is 7.19. The highest BCUT2D eigenvalue weighted by Crippen LogP contribution is 2.60. The molecule has 206 valence electrons. The molecule has 0 saturated carbocycles. The van der Waals surface area contributed by atoms with Crippen LogP contribution in [0.5, 0.6) is 0 Å². The van der Waals surface area contributed by atoms with Crippen molar-refractivity contribution < 1.29 is 29.0 Å². The van der Waals surface area contributed by atoms with Crippen LogP contribution in [0.15, 0.2) is 43.5 Å². The van der Waals surface area contributed by atoms with Crippen molar-refractivity contribution in [1.29, 1.82) is 0 Å². The number of halogens is 1. The summed E-state index contributed by atoms with van der Waals surface area (Å²) in [5.74, 6) is -2.64. The zero-order valence-corrected chi connectivity index (χ0v) is 23.7. The number of alkyl halides is 1. The van der Waals surface area contributed by atoms with Gasteiger partial charge < -0.3 is 24.4 Å². The third kappa shape index (κ3) is 4.84. The Labute approximate surface area is 232 Å². The number of benzene rings is 1. The van der Waals surface area contributed by atoms with Crippen molar-refractivity contribution in [3.8, 4) is 0 Å². The number of carbonyl (C=O) groups is 3. The first-order valence-electron chi connectivity index (χ1n) is 13.2. The van der Waals surface area contributed by atoms with E-state index in [4.69, 9.17) is 9.47 Å². The van der Waals surface area contributed by atoms with Crippen LogP contribution in [0.25, 0.3) is 0 Å². The lowest BCUT2D eigenvalue weighted by Gasteiger charge is -2.37. The van der Waals surface area contributed by atoms with E-state index in [-0.39, 0.29) is 42.9 Å². The number of aliphatic hydroxyl groups excluding tert-OH is 1. The second kappa shape index (κ2) is 11.7. The van der Waals surface area contributed by atoms with Crippen molar-refractivity contribution >= 4 is 39.4 Å². The van der Waals surface area contributed by atoms with Gasteiger partial charge in [0.15, 0.2) is 0 Å². The number of hydrogen-bond donors (Lipinski definition) is 1. The van der Waals surface area contributed by atoms with Crippen molar-refractivity contribution in [1.82, 2.24) is 4.90 Å². The van der Waals surface area contributed by atoms with Crippen LogP contribution < -0.4 is 4.90 Å². The predicted molar refractivity (Wildman–Crippen MR) is 148 cm³/mol. The van der Waals surface area contributed by atoms with Gasteiger partial charge in [-0.15, -0.1) is 13.2 Å². The minimum atomic E-state index is -1.16. The number of hydrogen-bond acceptors (Lipinski definition) is 6. The van der Waals surface area contributed by atoms with Crippen molar-refractivity contribution in [3.63, 3.8) is 0 Å². The standard InChI is InChI=1S/C29H37BrN2O6/c1-5-7-15-37-28(36)22-23-26(34)32(13-8-9-14-33)25(29(23)17-20(30)24(22)38-29)27(35)31(12-6-2)21-16-18(3)10-11-19(21)4/h5-6,10-11,16,20,22-25,33H,1-2,7-9,12-15,17H2,3-4H3/t20?,22-,23-,24-,25?,29?/m0/s1. The summed E-state index contributed by atoms with van der Waals surface area (Å²) in [6.07, 6.45) is 4.71. The van der Waals surface area contributed by atoms with E-state index in [2.05, 4.69) is 29.1 Å². The van der Waals surface area contributed by atoms with Crippen LogP contribution in [0.2, 0.25) is 0 Å². The van der Waals surface area contributed by atoms with E-state index in [0.717, 1.165) is 16.8 Å². The first-order chi connectivity index (χ1) is 18.2. The zero-order chi connectivity index (χ0) is 27.6. The molecule has 1 aromatic rings. The minimum absolute atomic E-state index is 0.0133. The van der Waals surface area contributed by atoms with Gasteiger partial charge in [-0.05, 0) is 56.7 Å². The van der Waals surface area contributed by atoms with E-state index >= 15 is 0 Å². The summed E-state index contributed by atoms with van der Waals surface area (Å²) in [5, 5.41) is 9.37. The van der Waals surface area contributed by atoms with Gasteiger partial charge in [0.05, 0.1) is 24.5 Å². The monoisotopic (exact) mass is 588 g/mol. The molecule has 1 spiro atoms. The van der Waals surface area contributed by atoms with Crippen LogP contribution in [-0.4, -0.2) is 76.7 Å². The normalized spacial score (nSPS) is 29.3. The zero-order valence-electron chi connectivity index (χ0n) is 22.1.